The number of nitrogens with zero attached hydrogens (tertiary/aromatic N) is 1. The Bertz CT molecular complexity index is 487. The number of hydrogen-bond acceptors (Lipinski definition) is 5. The largest absolute Gasteiger partial charge is 0.598 e. The Hall–Kier alpha value is -0.820. The molecule has 2 rings (SSSR count). The molecule has 1 aliphatic heterocycles. The second-order valence-corrected chi connectivity index (χ2v) is 7.12. The molecule has 0 saturated heterocycles. The van der Waals surface area contributed by atoms with Gasteiger partial charge in [-0.1, -0.05) is 19.4 Å². The zero-order chi connectivity index (χ0) is 15.2. The van der Waals surface area contributed by atoms with Crippen molar-refractivity contribution in [2.24, 2.45) is 0 Å². The van der Waals surface area contributed by atoms with E-state index in [0.29, 0.717) is 24.5 Å². The topological polar surface area (TPSA) is 52.6 Å². The number of hydrogen-bond donors (Lipinski definition) is 0. The number of ether oxygens (including phenoxy) is 1. The van der Waals surface area contributed by atoms with Gasteiger partial charge in [-0.15, -0.1) is 4.31 Å². The van der Waals surface area contributed by atoms with E-state index in [1.165, 1.54) is 0 Å². The molecule has 0 unspecified atom stereocenters. The highest BCUT2D eigenvalue weighted by Gasteiger charge is 2.40. The molecule has 6 heteroatoms. The number of esters is 1. The fraction of sp³-hybridized carbons (Fsp3) is 0.533. The molecule has 0 amide bonds. The number of rotatable bonds is 7. The molecule has 0 fully saturated rings. The van der Waals surface area contributed by atoms with Gasteiger partial charge in [0.25, 0.3) is 0 Å². The van der Waals surface area contributed by atoms with Crippen molar-refractivity contribution in [3.63, 3.8) is 0 Å². The summed E-state index contributed by atoms with van der Waals surface area (Å²) in [4.78, 5) is 12.1. The highest BCUT2D eigenvalue weighted by Crippen LogP contribution is 2.37. The lowest BCUT2D eigenvalue weighted by Crippen LogP contribution is -2.35. The molecule has 0 aromatic carbocycles. The van der Waals surface area contributed by atoms with Gasteiger partial charge in [0.2, 0.25) is 0 Å². The van der Waals surface area contributed by atoms with E-state index in [-0.39, 0.29) is 12.0 Å². The standard InChI is InChI=1S/C15H21NO3S2/c1-3-5-10-21(18)16-8-6-13(15(17)19-4-2)14(16)12-7-9-20-11-12/h6-7,9,11,14H,3-5,8,10H2,1-2H3/t14-,21-/m0/s1. The predicted molar refractivity (Wildman–Crippen MR) is 86.4 cm³/mol. The molecular weight excluding hydrogens is 306 g/mol. The second-order valence-electron chi connectivity index (χ2n) is 4.82. The van der Waals surface area contributed by atoms with Gasteiger partial charge in [-0.2, -0.15) is 11.3 Å². The van der Waals surface area contributed by atoms with Crippen LogP contribution in [-0.4, -0.2) is 33.7 Å². The van der Waals surface area contributed by atoms with Crippen molar-refractivity contribution >= 4 is 28.7 Å². The third kappa shape index (κ3) is 3.88. The summed E-state index contributed by atoms with van der Waals surface area (Å²) >= 11 is 0.507. The Kier molecular flexibility index (Phi) is 6.29. The number of carbonyl (C=O) groups is 1. The van der Waals surface area contributed by atoms with E-state index < -0.39 is 11.4 Å². The quantitative estimate of drug-likeness (QED) is 0.570. The lowest BCUT2D eigenvalue weighted by atomic mass is 10.0. The zero-order valence-corrected chi connectivity index (χ0v) is 14.0. The van der Waals surface area contributed by atoms with Crippen molar-refractivity contribution < 1.29 is 14.1 Å². The van der Waals surface area contributed by atoms with Crippen LogP contribution in [0.4, 0.5) is 0 Å². The summed E-state index contributed by atoms with van der Waals surface area (Å²) in [6, 6.07) is 1.74. The van der Waals surface area contributed by atoms with Gasteiger partial charge >= 0.3 is 5.97 Å². The van der Waals surface area contributed by atoms with Crippen LogP contribution in [0, 0.1) is 0 Å². The summed E-state index contributed by atoms with van der Waals surface area (Å²) in [5.74, 6) is 0.338. The van der Waals surface area contributed by atoms with E-state index in [0.717, 1.165) is 18.4 Å². The van der Waals surface area contributed by atoms with Crippen LogP contribution in [0.2, 0.25) is 0 Å². The van der Waals surface area contributed by atoms with Gasteiger partial charge in [0.1, 0.15) is 11.8 Å². The molecular formula is C15H21NO3S2. The Morgan fingerprint density at radius 3 is 3.00 bits per heavy atom. The molecule has 0 bridgehead atoms. The van der Waals surface area contributed by atoms with Gasteiger partial charge in [0.15, 0.2) is 0 Å². The summed E-state index contributed by atoms with van der Waals surface area (Å²) in [5.41, 5.74) is 1.63. The third-order valence-electron chi connectivity index (χ3n) is 3.38. The van der Waals surface area contributed by atoms with Crippen molar-refractivity contribution in [3.05, 3.63) is 34.0 Å². The van der Waals surface area contributed by atoms with Crippen LogP contribution in [0.25, 0.3) is 0 Å². The number of carbonyl (C=O) groups excluding carboxylic acids is 1. The normalized spacial score (nSPS) is 20.3. The Balaban J connectivity index is 2.18. The molecule has 1 aromatic rings. The molecule has 1 aromatic heterocycles. The maximum absolute atomic E-state index is 12.5. The third-order valence-corrected chi connectivity index (χ3v) is 5.60. The first kappa shape index (κ1) is 16.5. The van der Waals surface area contributed by atoms with Gasteiger partial charge < -0.3 is 9.29 Å². The summed E-state index contributed by atoms with van der Waals surface area (Å²) in [5, 5.41) is 3.98. The van der Waals surface area contributed by atoms with Gasteiger partial charge in [-0.25, -0.2) is 4.79 Å². The van der Waals surface area contributed by atoms with Crippen molar-refractivity contribution in [2.45, 2.75) is 32.7 Å². The molecule has 2 atom stereocenters. The molecule has 21 heavy (non-hydrogen) atoms. The van der Waals surface area contributed by atoms with Crippen molar-refractivity contribution in [2.75, 3.05) is 18.9 Å². The van der Waals surface area contributed by atoms with Crippen molar-refractivity contribution in [3.8, 4) is 0 Å². The molecule has 0 radical (unpaired) electrons. The van der Waals surface area contributed by atoms with Crippen LogP contribution in [0.3, 0.4) is 0 Å². The predicted octanol–water partition coefficient (Wildman–Crippen LogP) is 3.06. The Labute approximate surface area is 133 Å². The average molecular weight is 327 g/mol. The minimum Gasteiger partial charge on any atom is -0.598 e. The van der Waals surface area contributed by atoms with Crippen LogP contribution in [0.1, 0.15) is 38.3 Å². The average Bonchev–Trinajstić information content (AvgIpc) is 3.12. The number of unbranched alkanes of at least 4 members (excludes halogenated alkanes) is 1. The summed E-state index contributed by atoms with van der Waals surface area (Å²) < 4.78 is 19.5. The van der Waals surface area contributed by atoms with Gasteiger partial charge in [0.05, 0.1) is 18.7 Å². The van der Waals surface area contributed by atoms with E-state index in [9.17, 15) is 9.35 Å². The lowest BCUT2D eigenvalue weighted by Gasteiger charge is -2.27. The fourth-order valence-corrected chi connectivity index (χ4v) is 4.49. The highest BCUT2D eigenvalue weighted by molar-refractivity contribution is 7.89. The molecule has 0 spiro atoms. The van der Waals surface area contributed by atoms with Gasteiger partial charge in [-0.3, -0.25) is 0 Å². The maximum Gasteiger partial charge on any atom is 0.335 e. The summed E-state index contributed by atoms with van der Waals surface area (Å²) in [7, 11) is 0. The summed E-state index contributed by atoms with van der Waals surface area (Å²) in [6.07, 6.45) is 3.79. The molecule has 0 aliphatic carbocycles. The monoisotopic (exact) mass is 327 g/mol. The van der Waals surface area contributed by atoms with E-state index in [4.69, 9.17) is 4.74 Å². The minimum absolute atomic E-state index is 0.243. The highest BCUT2D eigenvalue weighted by atomic mass is 32.2. The van der Waals surface area contributed by atoms with Crippen LogP contribution < -0.4 is 0 Å². The van der Waals surface area contributed by atoms with Gasteiger partial charge in [-0.05, 0) is 35.7 Å². The summed E-state index contributed by atoms with van der Waals surface area (Å²) in [6.45, 7) is 4.76. The van der Waals surface area contributed by atoms with Gasteiger partial charge in [0, 0.05) is 11.4 Å². The van der Waals surface area contributed by atoms with E-state index in [1.54, 1.807) is 18.3 Å². The fourth-order valence-electron chi connectivity index (χ4n) is 2.33. The van der Waals surface area contributed by atoms with Crippen LogP contribution in [0.15, 0.2) is 28.5 Å². The molecule has 0 saturated carbocycles. The zero-order valence-electron chi connectivity index (χ0n) is 12.4. The first-order valence-corrected chi connectivity index (χ1v) is 9.45. The Morgan fingerprint density at radius 2 is 2.38 bits per heavy atom. The number of thiophene rings is 1. The molecule has 2 heterocycles. The smallest absolute Gasteiger partial charge is 0.335 e. The first-order valence-electron chi connectivity index (χ1n) is 7.23. The van der Waals surface area contributed by atoms with E-state index >= 15 is 0 Å². The van der Waals surface area contributed by atoms with Crippen LogP contribution >= 0.6 is 11.3 Å². The first-order chi connectivity index (χ1) is 10.2. The Morgan fingerprint density at radius 1 is 1.57 bits per heavy atom. The van der Waals surface area contributed by atoms with Crippen molar-refractivity contribution in [1.29, 1.82) is 0 Å². The van der Waals surface area contributed by atoms with E-state index in [2.05, 4.69) is 6.92 Å². The van der Waals surface area contributed by atoms with E-state index in [1.807, 2.05) is 27.2 Å². The maximum atomic E-state index is 12.5. The molecule has 1 aliphatic rings. The van der Waals surface area contributed by atoms with Crippen LogP contribution in [-0.2, 0) is 20.9 Å². The second kappa shape index (κ2) is 7.98. The minimum atomic E-state index is -1.07. The molecule has 0 N–H and O–H groups in total. The SMILES string of the molecule is CCCC[S@+]([O-])N1CC=C(C(=O)OCC)[C@@H]1c1ccsc1. The van der Waals surface area contributed by atoms with Crippen molar-refractivity contribution in [1.82, 2.24) is 4.31 Å². The molecule has 116 valence electrons. The lowest BCUT2D eigenvalue weighted by molar-refractivity contribution is -0.138. The molecule has 4 nitrogen and oxygen atoms in total. The van der Waals surface area contributed by atoms with Crippen LogP contribution in [0.5, 0.6) is 0 Å².